The number of unbranched alkanes of at least 4 members (excludes halogenated alkanes) is 2. The molecule has 0 fully saturated rings. The quantitative estimate of drug-likeness (QED) is 0.425. The topological polar surface area (TPSA) is 61.8 Å². The molecular formula is C21H23ClO5. The summed E-state index contributed by atoms with van der Waals surface area (Å²) in [4.78, 5) is 24.5. The first-order chi connectivity index (χ1) is 13.1. The van der Waals surface area contributed by atoms with Crippen LogP contribution in [-0.2, 0) is 9.47 Å². The molecule has 0 N–H and O–H groups in total. The lowest BCUT2D eigenvalue weighted by Gasteiger charge is -2.11. The van der Waals surface area contributed by atoms with Crippen molar-refractivity contribution >= 4 is 23.5 Å². The highest BCUT2D eigenvalue weighted by Crippen LogP contribution is 2.22. The van der Waals surface area contributed by atoms with Crippen LogP contribution in [-0.4, -0.2) is 31.8 Å². The maximum Gasteiger partial charge on any atom is 0.339 e. The molecule has 5 nitrogen and oxygen atoms in total. The van der Waals surface area contributed by atoms with Gasteiger partial charge < -0.3 is 14.2 Å². The lowest BCUT2D eigenvalue weighted by Crippen LogP contribution is -2.17. The van der Waals surface area contributed by atoms with Gasteiger partial charge in [0, 0.05) is 0 Å². The predicted octanol–water partition coefficient (Wildman–Crippen LogP) is 4.92. The minimum Gasteiger partial charge on any atom is -0.488 e. The van der Waals surface area contributed by atoms with Crippen molar-refractivity contribution in [1.82, 2.24) is 0 Å². The summed E-state index contributed by atoms with van der Waals surface area (Å²) in [5, 5.41) is 0.486. The van der Waals surface area contributed by atoms with Crippen molar-refractivity contribution in [2.75, 3.05) is 19.8 Å². The molecule has 6 heteroatoms. The van der Waals surface area contributed by atoms with E-state index in [1.807, 2.05) is 0 Å². The zero-order valence-corrected chi connectivity index (χ0v) is 16.0. The standard InChI is InChI=1S/C21H23ClO5/c1-2-3-8-13-26-20(23)16-9-4-5-10-17(16)21(24)27-15-14-25-19-12-7-6-11-18(19)22/h4-7,9-12H,2-3,8,13-15H2,1H3. The van der Waals surface area contributed by atoms with E-state index in [1.165, 1.54) is 0 Å². The second-order valence-electron chi connectivity index (χ2n) is 5.80. The van der Waals surface area contributed by atoms with Gasteiger partial charge in [-0.25, -0.2) is 9.59 Å². The Morgan fingerprint density at radius 1 is 0.815 bits per heavy atom. The molecule has 0 aliphatic carbocycles. The fraction of sp³-hybridized carbons (Fsp3) is 0.333. The number of halogens is 1. The van der Waals surface area contributed by atoms with Crippen LogP contribution in [0.25, 0.3) is 0 Å². The number of esters is 2. The van der Waals surface area contributed by atoms with Crippen LogP contribution in [0, 0.1) is 0 Å². The third-order valence-electron chi connectivity index (χ3n) is 3.76. The van der Waals surface area contributed by atoms with Gasteiger partial charge in [-0.1, -0.05) is 55.6 Å². The van der Waals surface area contributed by atoms with Crippen LogP contribution in [0.3, 0.4) is 0 Å². The minimum atomic E-state index is -0.598. The molecule has 144 valence electrons. The minimum absolute atomic E-state index is 0.0317. The van der Waals surface area contributed by atoms with Crippen molar-refractivity contribution in [2.45, 2.75) is 26.2 Å². The fourth-order valence-electron chi connectivity index (χ4n) is 2.36. The Hall–Kier alpha value is -2.53. The van der Waals surface area contributed by atoms with Gasteiger partial charge in [0.05, 0.1) is 22.8 Å². The Morgan fingerprint density at radius 2 is 1.41 bits per heavy atom. The van der Waals surface area contributed by atoms with E-state index in [2.05, 4.69) is 6.92 Å². The number of benzene rings is 2. The molecule has 0 spiro atoms. The van der Waals surface area contributed by atoms with Crippen molar-refractivity contribution < 1.29 is 23.8 Å². The van der Waals surface area contributed by atoms with E-state index in [-0.39, 0.29) is 24.3 Å². The summed E-state index contributed by atoms with van der Waals surface area (Å²) in [5.74, 6) is -0.601. The number of hydrogen-bond acceptors (Lipinski definition) is 5. The van der Waals surface area contributed by atoms with E-state index >= 15 is 0 Å². The van der Waals surface area contributed by atoms with Gasteiger partial charge in [-0.2, -0.15) is 0 Å². The monoisotopic (exact) mass is 390 g/mol. The van der Waals surface area contributed by atoms with Crippen LogP contribution in [0.15, 0.2) is 48.5 Å². The second-order valence-corrected chi connectivity index (χ2v) is 6.21. The number of carbonyl (C=O) groups excluding carboxylic acids is 2. The van der Waals surface area contributed by atoms with E-state index in [0.29, 0.717) is 17.4 Å². The lowest BCUT2D eigenvalue weighted by atomic mass is 10.1. The largest absolute Gasteiger partial charge is 0.488 e. The lowest BCUT2D eigenvalue weighted by molar-refractivity contribution is 0.0422. The number of carbonyl (C=O) groups is 2. The molecule has 0 atom stereocenters. The van der Waals surface area contributed by atoms with Crippen LogP contribution in [0.1, 0.15) is 46.9 Å². The second kappa shape index (κ2) is 11.2. The first-order valence-electron chi connectivity index (χ1n) is 8.94. The van der Waals surface area contributed by atoms with Gasteiger partial charge in [0.25, 0.3) is 0 Å². The van der Waals surface area contributed by atoms with Crippen molar-refractivity contribution in [1.29, 1.82) is 0 Å². The van der Waals surface area contributed by atoms with E-state index in [4.69, 9.17) is 25.8 Å². The Kier molecular flexibility index (Phi) is 8.65. The van der Waals surface area contributed by atoms with Gasteiger partial charge in [0.15, 0.2) is 0 Å². The molecule has 0 aromatic heterocycles. The van der Waals surface area contributed by atoms with Gasteiger partial charge in [-0.05, 0) is 30.7 Å². The summed E-state index contributed by atoms with van der Waals surface area (Å²) in [7, 11) is 0. The van der Waals surface area contributed by atoms with Crippen molar-refractivity contribution in [2.24, 2.45) is 0 Å². The molecular weight excluding hydrogens is 368 g/mol. The molecule has 2 aromatic carbocycles. The van der Waals surface area contributed by atoms with Crippen LogP contribution >= 0.6 is 11.6 Å². The van der Waals surface area contributed by atoms with Crippen LogP contribution in [0.2, 0.25) is 5.02 Å². The molecule has 0 radical (unpaired) electrons. The molecule has 0 heterocycles. The third kappa shape index (κ3) is 6.61. The van der Waals surface area contributed by atoms with Gasteiger partial charge in [-0.3, -0.25) is 0 Å². The normalized spacial score (nSPS) is 10.3. The average Bonchev–Trinajstić information content (AvgIpc) is 2.69. The van der Waals surface area contributed by atoms with Crippen LogP contribution in [0.4, 0.5) is 0 Å². The Bertz CT molecular complexity index is 760. The summed E-state index contributed by atoms with van der Waals surface area (Å²) in [6.07, 6.45) is 2.83. The van der Waals surface area contributed by atoms with Gasteiger partial charge in [0.1, 0.15) is 19.0 Å². The predicted molar refractivity (Wildman–Crippen MR) is 103 cm³/mol. The van der Waals surface area contributed by atoms with E-state index in [1.54, 1.807) is 48.5 Å². The number of para-hydroxylation sites is 1. The molecule has 2 rings (SSSR count). The molecule has 0 amide bonds. The highest BCUT2D eigenvalue weighted by atomic mass is 35.5. The van der Waals surface area contributed by atoms with Gasteiger partial charge in [0.2, 0.25) is 0 Å². The molecule has 0 saturated carbocycles. The van der Waals surface area contributed by atoms with Gasteiger partial charge >= 0.3 is 11.9 Å². The third-order valence-corrected chi connectivity index (χ3v) is 4.07. The average molecular weight is 391 g/mol. The zero-order valence-electron chi connectivity index (χ0n) is 15.3. The van der Waals surface area contributed by atoms with Crippen molar-refractivity contribution in [3.63, 3.8) is 0 Å². The molecule has 0 aliphatic heterocycles. The molecule has 0 saturated heterocycles. The molecule has 0 aliphatic rings. The van der Waals surface area contributed by atoms with Crippen molar-refractivity contribution in [3.05, 3.63) is 64.7 Å². The smallest absolute Gasteiger partial charge is 0.339 e. The zero-order chi connectivity index (χ0) is 19.5. The Morgan fingerprint density at radius 3 is 2.04 bits per heavy atom. The van der Waals surface area contributed by atoms with E-state index < -0.39 is 11.9 Å². The highest BCUT2D eigenvalue weighted by Gasteiger charge is 2.18. The number of hydrogen-bond donors (Lipinski definition) is 0. The summed E-state index contributed by atoms with van der Waals surface area (Å²) in [6.45, 7) is 2.59. The van der Waals surface area contributed by atoms with Gasteiger partial charge in [-0.15, -0.1) is 0 Å². The summed E-state index contributed by atoms with van der Waals surface area (Å²) >= 11 is 5.99. The fourth-order valence-corrected chi connectivity index (χ4v) is 2.55. The van der Waals surface area contributed by atoms with Crippen LogP contribution < -0.4 is 4.74 Å². The summed E-state index contributed by atoms with van der Waals surface area (Å²) in [5.41, 5.74) is 0.377. The first-order valence-corrected chi connectivity index (χ1v) is 9.32. The van der Waals surface area contributed by atoms with Crippen LogP contribution in [0.5, 0.6) is 5.75 Å². The summed E-state index contributed by atoms with van der Waals surface area (Å²) < 4.78 is 15.9. The first kappa shape index (κ1) is 20.8. The Labute approximate surface area is 164 Å². The molecule has 0 bridgehead atoms. The maximum atomic E-state index is 12.3. The molecule has 0 unspecified atom stereocenters. The Balaban J connectivity index is 1.86. The highest BCUT2D eigenvalue weighted by molar-refractivity contribution is 6.32. The molecule has 2 aromatic rings. The maximum absolute atomic E-state index is 12.3. The number of ether oxygens (including phenoxy) is 3. The SMILES string of the molecule is CCCCCOC(=O)c1ccccc1C(=O)OCCOc1ccccc1Cl. The molecule has 27 heavy (non-hydrogen) atoms. The van der Waals surface area contributed by atoms with E-state index in [9.17, 15) is 9.59 Å². The summed E-state index contributed by atoms with van der Waals surface area (Å²) in [6, 6.07) is 13.5. The van der Waals surface area contributed by atoms with E-state index in [0.717, 1.165) is 19.3 Å². The number of rotatable bonds is 10. The van der Waals surface area contributed by atoms with Crippen molar-refractivity contribution in [3.8, 4) is 5.75 Å².